The molecule has 4 rings (SSSR count). The summed E-state index contributed by atoms with van der Waals surface area (Å²) >= 11 is 0. The van der Waals surface area contributed by atoms with Gasteiger partial charge >= 0.3 is 5.97 Å². The van der Waals surface area contributed by atoms with Crippen LogP contribution in [0.3, 0.4) is 0 Å². The smallest absolute Gasteiger partial charge is 0.326 e. The van der Waals surface area contributed by atoms with Gasteiger partial charge in [0.1, 0.15) is 12.1 Å². The number of carboxylic acid groups (broad SMARTS) is 1. The van der Waals surface area contributed by atoms with E-state index in [4.69, 9.17) is 10.9 Å². The maximum atomic E-state index is 12.6. The fourth-order valence-electron chi connectivity index (χ4n) is 5.67. The number of Topliss-reactive ketones (excluding diaryl/α,β-unsaturated/α-hetero) is 2. The van der Waals surface area contributed by atoms with Crippen molar-refractivity contribution in [2.75, 3.05) is 13.1 Å². The van der Waals surface area contributed by atoms with Crippen molar-refractivity contribution >= 4 is 47.1 Å². The van der Waals surface area contributed by atoms with Gasteiger partial charge in [-0.15, -0.1) is 0 Å². The number of carboxylic acids is 1. The van der Waals surface area contributed by atoms with E-state index in [1.54, 1.807) is 58.5 Å². The number of amides is 5. The van der Waals surface area contributed by atoms with Gasteiger partial charge in [0.2, 0.25) is 23.4 Å². The molecule has 5 amide bonds. The number of ketones is 2. The predicted molar refractivity (Wildman–Crippen MR) is 209 cm³/mol. The van der Waals surface area contributed by atoms with E-state index in [9.17, 15) is 38.4 Å². The van der Waals surface area contributed by atoms with Gasteiger partial charge in [0.25, 0.3) is 17.7 Å². The summed E-state index contributed by atoms with van der Waals surface area (Å²) in [5.41, 5.74) is 7.32. The molecule has 6 N–H and O–H groups in total. The fraction of sp³-hybridized carbons (Fsp3) is 0.550. The van der Waals surface area contributed by atoms with E-state index in [0.717, 1.165) is 11.1 Å². The van der Waals surface area contributed by atoms with Crippen molar-refractivity contribution in [1.29, 1.82) is 0 Å². The second-order valence-electron chi connectivity index (χ2n) is 15.1. The molecule has 312 valence electrons. The number of pyridine rings is 2. The highest BCUT2D eigenvalue weighted by Gasteiger charge is 2.42. The largest absolute Gasteiger partial charge is 0.480 e. The molecule has 0 aromatic carbocycles. The third-order valence-electron chi connectivity index (χ3n) is 10.2. The molecule has 2 fully saturated rings. The quantitative estimate of drug-likeness (QED) is 0.0800. The molecule has 0 radical (unpaired) electrons. The SMILES string of the molecule is CCC(C)(C)C(=O)C(=O)N1CCC[C@H]1C(=O)NNC(=O)CCc1cccnc1.CCC(C)(C)C(=O)C(=O)N1CCC[C@H]1C(=O)O.NNC(=O)CCc1cccnc1. The van der Waals surface area contributed by atoms with Crippen molar-refractivity contribution in [3.05, 3.63) is 60.2 Å². The van der Waals surface area contributed by atoms with E-state index in [1.165, 1.54) is 9.80 Å². The number of aryl methyl sites for hydroxylation is 2. The zero-order chi connectivity index (χ0) is 42.8. The van der Waals surface area contributed by atoms with Gasteiger partial charge in [0, 0.05) is 61.5 Å². The molecular weight excluding hydrogens is 736 g/mol. The second kappa shape index (κ2) is 22.8. The van der Waals surface area contributed by atoms with Crippen molar-refractivity contribution in [2.45, 2.75) is 118 Å². The number of carbonyl (C=O) groups excluding carboxylic acids is 7. The van der Waals surface area contributed by atoms with Gasteiger partial charge in [-0.05, 0) is 74.6 Å². The summed E-state index contributed by atoms with van der Waals surface area (Å²) in [6.07, 6.45) is 11.8. The third kappa shape index (κ3) is 14.8. The van der Waals surface area contributed by atoms with E-state index >= 15 is 0 Å². The molecule has 0 aliphatic carbocycles. The molecule has 2 aliphatic rings. The minimum atomic E-state index is -1.03. The van der Waals surface area contributed by atoms with E-state index in [1.807, 2.05) is 32.0 Å². The second-order valence-corrected chi connectivity index (χ2v) is 15.1. The summed E-state index contributed by atoms with van der Waals surface area (Å²) in [6.45, 7) is 11.3. The Balaban J connectivity index is 0.000000327. The molecule has 0 saturated carbocycles. The molecule has 4 heterocycles. The number of hydrazine groups is 2. The van der Waals surface area contributed by atoms with Crippen LogP contribution in [0.25, 0.3) is 0 Å². The molecule has 17 nitrogen and oxygen atoms in total. The lowest BCUT2D eigenvalue weighted by Crippen LogP contribution is -2.53. The number of carbonyl (C=O) groups is 8. The molecule has 0 bridgehead atoms. The molecule has 2 atom stereocenters. The van der Waals surface area contributed by atoms with Crippen LogP contribution < -0.4 is 22.1 Å². The number of rotatable bonds is 14. The predicted octanol–water partition coefficient (Wildman–Crippen LogP) is 2.23. The van der Waals surface area contributed by atoms with Gasteiger partial charge in [-0.25, -0.2) is 10.6 Å². The van der Waals surface area contributed by atoms with Crippen LogP contribution in [-0.4, -0.2) is 97.1 Å². The average Bonchev–Trinajstić information content (AvgIpc) is 3.93. The number of nitrogens with one attached hydrogen (secondary N) is 3. The summed E-state index contributed by atoms with van der Waals surface area (Å²) in [7, 11) is 0. The van der Waals surface area contributed by atoms with E-state index in [2.05, 4.69) is 26.2 Å². The Morgan fingerprint density at radius 2 is 1.16 bits per heavy atom. The molecule has 0 spiro atoms. The minimum Gasteiger partial charge on any atom is -0.480 e. The average molecular weight is 795 g/mol. The number of nitrogens with two attached hydrogens (primary N) is 1. The van der Waals surface area contributed by atoms with Gasteiger partial charge in [-0.3, -0.25) is 59.8 Å². The summed E-state index contributed by atoms with van der Waals surface area (Å²) in [5.74, 6) is 0.651. The summed E-state index contributed by atoms with van der Waals surface area (Å²) in [5, 5.41) is 8.97. The van der Waals surface area contributed by atoms with Crippen LogP contribution in [0, 0.1) is 10.8 Å². The van der Waals surface area contributed by atoms with Crippen molar-refractivity contribution < 1.29 is 43.5 Å². The Kier molecular flexibility index (Phi) is 19.1. The molecule has 0 unspecified atom stereocenters. The standard InChI is InChI=1S/C20H28N4O4.C12H19NO4.C8H11N3O/c1-4-20(2,3)17(26)19(28)24-12-6-8-15(24)18(27)23-22-16(25)10-9-14-7-5-11-21-13-14;1-4-12(2,3)9(14)10(15)13-7-5-6-8(13)11(16)17;9-11-8(12)4-3-7-2-1-5-10-6-7/h5,7,11,13,15H,4,6,8-10,12H2,1-3H3,(H,22,25)(H,23,27);8H,4-7H2,1-3H3,(H,16,17);1-2,5-6H,3-4,9H2,(H,11,12)/t15-;8-;/m00./s1. The first-order valence-electron chi connectivity index (χ1n) is 19.2. The van der Waals surface area contributed by atoms with Crippen LogP contribution in [0.4, 0.5) is 0 Å². The van der Waals surface area contributed by atoms with Crippen molar-refractivity contribution in [1.82, 2.24) is 36.0 Å². The van der Waals surface area contributed by atoms with Crippen molar-refractivity contribution in [2.24, 2.45) is 16.7 Å². The number of aliphatic carboxylic acids is 1. The van der Waals surface area contributed by atoms with Crippen molar-refractivity contribution in [3.63, 3.8) is 0 Å². The molecule has 57 heavy (non-hydrogen) atoms. The van der Waals surface area contributed by atoms with E-state index < -0.39 is 58.2 Å². The lowest BCUT2D eigenvalue weighted by atomic mass is 9.84. The third-order valence-corrected chi connectivity index (χ3v) is 10.2. The van der Waals surface area contributed by atoms with Crippen LogP contribution in [0.1, 0.15) is 104 Å². The van der Waals surface area contributed by atoms with E-state index in [-0.39, 0.29) is 18.2 Å². The molecule has 2 aromatic rings. The Hall–Kier alpha value is -5.58. The Labute approximate surface area is 333 Å². The zero-order valence-corrected chi connectivity index (χ0v) is 33.8. The van der Waals surface area contributed by atoms with Crippen LogP contribution >= 0.6 is 0 Å². The lowest BCUT2D eigenvalue weighted by molar-refractivity contribution is -0.154. The molecular formula is C40H58N8O9. The number of nitrogens with zero attached hydrogens (tertiary/aromatic N) is 4. The summed E-state index contributed by atoms with van der Waals surface area (Å²) < 4.78 is 0. The highest BCUT2D eigenvalue weighted by molar-refractivity contribution is 6.38. The molecule has 2 aromatic heterocycles. The number of aromatic nitrogens is 2. The Bertz CT molecular complexity index is 1700. The lowest BCUT2D eigenvalue weighted by Gasteiger charge is -2.27. The first-order chi connectivity index (χ1) is 26.9. The Morgan fingerprint density at radius 1 is 0.719 bits per heavy atom. The van der Waals surface area contributed by atoms with Crippen LogP contribution in [-0.2, 0) is 51.2 Å². The topological polar surface area (TPSA) is 251 Å². The summed E-state index contributed by atoms with van der Waals surface area (Å²) in [6, 6.07) is 5.85. The molecule has 17 heteroatoms. The summed E-state index contributed by atoms with van der Waals surface area (Å²) in [4.78, 5) is 105. The first kappa shape index (κ1) is 47.6. The van der Waals surface area contributed by atoms with Crippen LogP contribution in [0.15, 0.2) is 49.1 Å². The van der Waals surface area contributed by atoms with Gasteiger partial charge in [0.05, 0.1) is 0 Å². The zero-order valence-electron chi connectivity index (χ0n) is 33.8. The monoisotopic (exact) mass is 794 g/mol. The maximum absolute atomic E-state index is 12.6. The molecule has 2 aliphatic heterocycles. The Morgan fingerprint density at radius 3 is 1.56 bits per heavy atom. The normalized spacial score (nSPS) is 16.2. The van der Waals surface area contributed by atoms with Gasteiger partial charge in [0.15, 0.2) is 0 Å². The van der Waals surface area contributed by atoms with Gasteiger partial charge in [-0.1, -0.05) is 53.7 Å². The number of hydrogen-bond acceptors (Lipinski definition) is 11. The first-order valence-corrected chi connectivity index (χ1v) is 19.2. The van der Waals surface area contributed by atoms with Gasteiger partial charge in [-0.2, -0.15) is 0 Å². The fourth-order valence-corrected chi connectivity index (χ4v) is 5.67. The highest BCUT2D eigenvalue weighted by Crippen LogP contribution is 2.27. The molecule has 2 saturated heterocycles. The highest BCUT2D eigenvalue weighted by atomic mass is 16.4. The van der Waals surface area contributed by atoms with Gasteiger partial charge < -0.3 is 14.9 Å². The maximum Gasteiger partial charge on any atom is 0.326 e. The number of likely N-dealkylation sites (tertiary alicyclic amines) is 2. The van der Waals surface area contributed by atoms with E-state index in [0.29, 0.717) is 70.9 Å². The van der Waals surface area contributed by atoms with Crippen molar-refractivity contribution in [3.8, 4) is 0 Å². The minimum absolute atomic E-state index is 0.154. The number of hydrogen-bond donors (Lipinski definition) is 5. The van der Waals surface area contributed by atoms with Crippen LogP contribution in [0.2, 0.25) is 0 Å². The van der Waals surface area contributed by atoms with Crippen LogP contribution in [0.5, 0.6) is 0 Å².